The summed E-state index contributed by atoms with van der Waals surface area (Å²) in [6.07, 6.45) is 3.54. The second-order valence-electron chi connectivity index (χ2n) is 5.28. The average Bonchev–Trinajstić information content (AvgIpc) is 2.80. The first kappa shape index (κ1) is 14.4. The second-order valence-corrected chi connectivity index (χ2v) is 7.46. The van der Waals surface area contributed by atoms with E-state index in [-0.39, 0.29) is 6.04 Å². The molecular formula is C16H17Cl2NS. The van der Waals surface area contributed by atoms with E-state index in [4.69, 9.17) is 23.2 Å². The minimum Gasteiger partial charge on any atom is -0.303 e. The third kappa shape index (κ3) is 2.89. The SMILES string of the molecule is CC(NC1CCCc2sc(Cl)cc21)c1ccccc1Cl. The van der Waals surface area contributed by atoms with Gasteiger partial charge in [-0.15, -0.1) is 11.3 Å². The smallest absolute Gasteiger partial charge is 0.0934 e. The second kappa shape index (κ2) is 6.07. The number of aryl methyl sites for hydroxylation is 1. The van der Waals surface area contributed by atoms with Crippen molar-refractivity contribution in [3.05, 3.63) is 55.7 Å². The molecule has 0 amide bonds. The fourth-order valence-corrected chi connectivity index (χ4v) is 4.60. The fraction of sp³-hybridized carbons (Fsp3) is 0.375. The van der Waals surface area contributed by atoms with E-state index in [0.29, 0.717) is 6.04 Å². The van der Waals surface area contributed by atoms with Crippen LogP contribution in [-0.4, -0.2) is 0 Å². The third-order valence-electron chi connectivity index (χ3n) is 3.91. The molecule has 106 valence electrons. The molecule has 0 spiro atoms. The summed E-state index contributed by atoms with van der Waals surface area (Å²) in [4.78, 5) is 1.44. The van der Waals surface area contributed by atoms with Gasteiger partial charge in [-0.1, -0.05) is 41.4 Å². The summed E-state index contributed by atoms with van der Waals surface area (Å²) >= 11 is 14.2. The summed E-state index contributed by atoms with van der Waals surface area (Å²) in [6.45, 7) is 2.17. The van der Waals surface area contributed by atoms with Gasteiger partial charge in [-0.2, -0.15) is 0 Å². The average molecular weight is 326 g/mol. The largest absolute Gasteiger partial charge is 0.303 e. The van der Waals surface area contributed by atoms with Gasteiger partial charge in [0.15, 0.2) is 0 Å². The highest BCUT2D eigenvalue weighted by molar-refractivity contribution is 7.16. The molecule has 1 N–H and O–H groups in total. The molecule has 0 saturated carbocycles. The highest BCUT2D eigenvalue weighted by atomic mass is 35.5. The Labute approximate surface area is 133 Å². The molecule has 4 heteroatoms. The van der Waals surface area contributed by atoms with E-state index in [2.05, 4.69) is 24.4 Å². The number of hydrogen-bond donors (Lipinski definition) is 1. The predicted molar refractivity (Wildman–Crippen MR) is 88.0 cm³/mol. The maximum Gasteiger partial charge on any atom is 0.0934 e. The summed E-state index contributed by atoms with van der Waals surface area (Å²) in [7, 11) is 0. The van der Waals surface area contributed by atoms with Crippen LogP contribution in [0.25, 0.3) is 0 Å². The van der Waals surface area contributed by atoms with E-state index in [1.165, 1.54) is 16.9 Å². The molecule has 1 aliphatic rings. The van der Waals surface area contributed by atoms with Crippen molar-refractivity contribution in [2.45, 2.75) is 38.3 Å². The van der Waals surface area contributed by atoms with Crippen molar-refractivity contribution in [2.75, 3.05) is 0 Å². The topological polar surface area (TPSA) is 12.0 Å². The molecule has 0 fully saturated rings. The van der Waals surface area contributed by atoms with Crippen molar-refractivity contribution in [1.29, 1.82) is 0 Å². The van der Waals surface area contributed by atoms with Crippen LogP contribution in [-0.2, 0) is 6.42 Å². The van der Waals surface area contributed by atoms with Gasteiger partial charge < -0.3 is 5.32 Å². The molecule has 0 saturated heterocycles. The zero-order valence-electron chi connectivity index (χ0n) is 11.3. The highest BCUT2D eigenvalue weighted by Crippen LogP contribution is 2.39. The maximum absolute atomic E-state index is 6.28. The molecule has 1 nitrogen and oxygen atoms in total. The molecule has 3 rings (SSSR count). The third-order valence-corrected chi connectivity index (χ3v) is 5.59. The zero-order chi connectivity index (χ0) is 14.1. The van der Waals surface area contributed by atoms with Gasteiger partial charge in [0.1, 0.15) is 0 Å². The molecule has 1 aromatic carbocycles. The normalized spacial score (nSPS) is 19.6. The Morgan fingerprint density at radius 3 is 2.90 bits per heavy atom. The fourth-order valence-electron chi connectivity index (χ4n) is 2.91. The van der Waals surface area contributed by atoms with Crippen molar-refractivity contribution in [1.82, 2.24) is 5.32 Å². The zero-order valence-corrected chi connectivity index (χ0v) is 13.7. The van der Waals surface area contributed by atoms with Gasteiger partial charge in [-0.05, 0) is 49.4 Å². The van der Waals surface area contributed by atoms with E-state index in [1.54, 1.807) is 11.3 Å². The molecular weight excluding hydrogens is 309 g/mol. The van der Waals surface area contributed by atoms with Crippen LogP contribution in [0.3, 0.4) is 0 Å². The molecule has 2 unspecified atom stereocenters. The minimum atomic E-state index is 0.235. The van der Waals surface area contributed by atoms with Crippen LogP contribution in [0.4, 0.5) is 0 Å². The Kier molecular flexibility index (Phi) is 4.37. The number of halogens is 2. The van der Waals surface area contributed by atoms with Gasteiger partial charge in [0.2, 0.25) is 0 Å². The lowest BCUT2D eigenvalue weighted by Crippen LogP contribution is -2.27. The molecule has 0 bridgehead atoms. The maximum atomic E-state index is 6.28. The van der Waals surface area contributed by atoms with Crippen LogP contribution in [0.5, 0.6) is 0 Å². The van der Waals surface area contributed by atoms with Crippen LogP contribution in [0, 0.1) is 0 Å². The molecule has 1 heterocycles. The van der Waals surface area contributed by atoms with Crippen LogP contribution in [0.15, 0.2) is 30.3 Å². The highest BCUT2D eigenvalue weighted by Gasteiger charge is 2.24. The summed E-state index contributed by atoms with van der Waals surface area (Å²) in [5.74, 6) is 0. The molecule has 1 aliphatic carbocycles. The summed E-state index contributed by atoms with van der Waals surface area (Å²) < 4.78 is 0.897. The monoisotopic (exact) mass is 325 g/mol. The Bertz CT molecular complexity index is 608. The lowest BCUT2D eigenvalue weighted by atomic mass is 9.93. The van der Waals surface area contributed by atoms with E-state index in [1.807, 2.05) is 18.2 Å². The van der Waals surface area contributed by atoms with Gasteiger partial charge in [0, 0.05) is 22.0 Å². The molecule has 2 atom stereocenters. The standard InChI is InChI=1S/C16H17Cl2NS/c1-10(11-5-2-3-6-13(11)17)19-14-7-4-8-15-12(14)9-16(18)20-15/h2-3,5-6,9-10,14,19H,4,7-8H2,1H3. The first-order valence-corrected chi connectivity index (χ1v) is 8.51. The predicted octanol–water partition coefficient (Wildman–Crippen LogP) is 5.78. The number of hydrogen-bond acceptors (Lipinski definition) is 2. The van der Waals surface area contributed by atoms with Gasteiger partial charge >= 0.3 is 0 Å². The number of rotatable bonds is 3. The first-order valence-electron chi connectivity index (χ1n) is 6.93. The lowest BCUT2D eigenvalue weighted by Gasteiger charge is -2.27. The summed E-state index contributed by atoms with van der Waals surface area (Å²) in [5.41, 5.74) is 2.53. The Morgan fingerprint density at radius 1 is 1.30 bits per heavy atom. The molecule has 1 aromatic heterocycles. The molecule has 20 heavy (non-hydrogen) atoms. The van der Waals surface area contributed by atoms with Gasteiger partial charge in [-0.25, -0.2) is 0 Å². The van der Waals surface area contributed by atoms with Gasteiger partial charge in [0.25, 0.3) is 0 Å². The van der Waals surface area contributed by atoms with Crippen LogP contribution < -0.4 is 5.32 Å². The van der Waals surface area contributed by atoms with Crippen molar-refractivity contribution in [2.24, 2.45) is 0 Å². The van der Waals surface area contributed by atoms with Crippen molar-refractivity contribution < 1.29 is 0 Å². The van der Waals surface area contributed by atoms with E-state index in [9.17, 15) is 0 Å². The van der Waals surface area contributed by atoms with E-state index >= 15 is 0 Å². The number of nitrogens with one attached hydrogen (secondary N) is 1. The van der Waals surface area contributed by atoms with Crippen LogP contribution in [0.1, 0.15) is 47.9 Å². The van der Waals surface area contributed by atoms with E-state index < -0.39 is 0 Å². The van der Waals surface area contributed by atoms with Crippen molar-refractivity contribution in [3.8, 4) is 0 Å². The van der Waals surface area contributed by atoms with Gasteiger partial charge in [-0.3, -0.25) is 0 Å². The van der Waals surface area contributed by atoms with Crippen LogP contribution >= 0.6 is 34.5 Å². The first-order chi connectivity index (χ1) is 9.65. The number of fused-ring (bicyclic) bond motifs is 1. The number of thiophene rings is 1. The van der Waals surface area contributed by atoms with Crippen molar-refractivity contribution >= 4 is 34.5 Å². The van der Waals surface area contributed by atoms with E-state index in [0.717, 1.165) is 27.8 Å². The Hall–Kier alpha value is -0.540. The quantitative estimate of drug-likeness (QED) is 0.753. The summed E-state index contributed by atoms with van der Waals surface area (Å²) in [5, 5.41) is 4.53. The molecule has 0 aliphatic heterocycles. The Morgan fingerprint density at radius 2 is 2.10 bits per heavy atom. The van der Waals surface area contributed by atoms with Crippen LogP contribution in [0.2, 0.25) is 9.36 Å². The molecule has 2 aromatic rings. The Balaban J connectivity index is 1.80. The number of benzene rings is 1. The molecule has 0 radical (unpaired) electrons. The summed E-state index contributed by atoms with van der Waals surface area (Å²) in [6, 6.07) is 10.8. The lowest BCUT2D eigenvalue weighted by molar-refractivity contribution is 0.418. The van der Waals surface area contributed by atoms with Crippen molar-refractivity contribution in [3.63, 3.8) is 0 Å². The van der Waals surface area contributed by atoms with Gasteiger partial charge in [0.05, 0.1) is 4.34 Å². The minimum absolute atomic E-state index is 0.235.